The second-order valence-electron chi connectivity index (χ2n) is 5.64. The second-order valence-corrected chi connectivity index (χ2v) is 6.56. The highest BCUT2D eigenvalue weighted by atomic mass is 79.9. The minimum Gasteiger partial charge on any atom is -0.488 e. The number of hydrogen-bond donors (Lipinski definition) is 1. The zero-order valence-corrected chi connectivity index (χ0v) is 15.4. The molecule has 0 aliphatic rings. The maximum absolute atomic E-state index is 11.3. The molecule has 0 saturated heterocycles. The summed E-state index contributed by atoms with van der Waals surface area (Å²) in [6.45, 7) is 0.363. The average Bonchev–Trinajstić information content (AvgIpc) is 2.65. The fourth-order valence-electron chi connectivity index (χ4n) is 2.65. The summed E-state index contributed by atoms with van der Waals surface area (Å²) in [5.74, 6) is -0.206. The molecule has 1 amide bonds. The Labute approximate surface area is 159 Å². The van der Waals surface area contributed by atoms with E-state index in [0.29, 0.717) is 17.9 Å². The van der Waals surface area contributed by atoms with Gasteiger partial charge in [0.2, 0.25) is 0 Å². The zero-order valence-electron chi connectivity index (χ0n) is 13.8. The Morgan fingerprint density at radius 2 is 1.92 bits per heavy atom. The predicted molar refractivity (Wildman–Crippen MR) is 105 cm³/mol. The van der Waals surface area contributed by atoms with E-state index in [1.54, 1.807) is 12.1 Å². The number of amides is 1. The van der Waals surface area contributed by atoms with E-state index in [0.717, 1.165) is 20.8 Å². The molecule has 26 heavy (non-hydrogen) atoms. The van der Waals surface area contributed by atoms with Crippen molar-refractivity contribution in [3.05, 3.63) is 81.8 Å². The predicted octanol–water partition coefficient (Wildman–Crippen LogP) is 4.57. The Kier molecular flexibility index (Phi) is 5.35. The van der Waals surface area contributed by atoms with E-state index in [1.165, 1.54) is 6.08 Å². The van der Waals surface area contributed by atoms with Gasteiger partial charge < -0.3 is 10.5 Å². The summed E-state index contributed by atoms with van der Waals surface area (Å²) in [4.78, 5) is 11.3. The van der Waals surface area contributed by atoms with Crippen molar-refractivity contribution in [1.82, 2.24) is 0 Å². The molecule has 0 unspecified atom stereocenters. The van der Waals surface area contributed by atoms with Crippen LogP contribution in [0.3, 0.4) is 0 Å². The summed E-state index contributed by atoms with van der Waals surface area (Å²) in [6.07, 6.45) is 1.44. The third-order valence-corrected chi connectivity index (χ3v) is 4.41. The molecule has 0 spiro atoms. The van der Waals surface area contributed by atoms with Gasteiger partial charge in [-0.3, -0.25) is 4.79 Å². The largest absolute Gasteiger partial charge is 0.488 e. The number of carbonyl (C=O) groups excluding carboxylic acids is 1. The number of ether oxygens (including phenoxy) is 1. The number of nitriles is 1. The van der Waals surface area contributed by atoms with Crippen LogP contribution in [0.5, 0.6) is 5.75 Å². The molecule has 4 nitrogen and oxygen atoms in total. The van der Waals surface area contributed by atoms with Crippen molar-refractivity contribution >= 4 is 38.7 Å². The lowest BCUT2D eigenvalue weighted by atomic mass is 10.1. The lowest BCUT2D eigenvalue weighted by Gasteiger charge is -2.12. The van der Waals surface area contributed by atoms with Crippen molar-refractivity contribution < 1.29 is 9.53 Å². The molecule has 0 heterocycles. The van der Waals surface area contributed by atoms with Crippen molar-refractivity contribution in [2.75, 3.05) is 0 Å². The number of hydrogen-bond acceptors (Lipinski definition) is 3. The molecule has 2 N–H and O–H groups in total. The van der Waals surface area contributed by atoms with E-state index in [4.69, 9.17) is 15.7 Å². The summed E-state index contributed by atoms with van der Waals surface area (Å²) < 4.78 is 6.79. The van der Waals surface area contributed by atoms with Crippen LogP contribution in [0.15, 0.2) is 70.7 Å². The second kappa shape index (κ2) is 7.85. The number of primary amides is 1. The Hall–Kier alpha value is -3.10. The number of rotatable bonds is 5. The molecular formula is C21H15BrN2O2. The summed E-state index contributed by atoms with van der Waals surface area (Å²) in [5, 5.41) is 11.3. The molecule has 0 aliphatic heterocycles. The Morgan fingerprint density at radius 3 is 2.69 bits per heavy atom. The summed E-state index contributed by atoms with van der Waals surface area (Å²) in [7, 11) is 0. The molecule has 3 aromatic rings. The maximum atomic E-state index is 11.3. The quantitative estimate of drug-likeness (QED) is 0.497. The van der Waals surface area contributed by atoms with Crippen molar-refractivity contribution in [3.8, 4) is 11.8 Å². The highest BCUT2D eigenvalue weighted by molar-refractivity contribution is 9.10. The molecule has 0 aromatic heterocycles. The Balaban J connectivity index is 1.93. The van der Waals surface area contributed by atoms with Gasteiger partial charge in [0.25, 0.3) is 5.91 Å². The normalized spacial score (nSPS) is 11.2. The number of halogens is 1. The van der Waals surface area contributed by atoms with Crippen LogP contribution in [-0.2, 0) is 11.4 Å². The minimum atomic E-state index is -0.771. The minimum absolute atomic E-state index is 0.127. The molecule has 0 bridgehead atoms. The van der Waals surface area contributed by atoms with E-state index in [2.05, 4.69) is 34.1 Å². The highest BCUT2D eigenvalue weighted by Gasteiger charge is 2.09. The number of nitrogens with two attached hydrogens (primary N) is 1. The van der Waals surface area contributed by atoms with E-state index in [9.17, 15) is 4.79 Å². The van der Waals surface area contributed by atoms with Crippen LogP contribution in [0.4, 0.5) is 0 Å². The SMILES string of the molecule is N#C/C(=C\c1cc(Br)ccc1OCc1cccc2ccccc12)C(N)=O. The number of carbonyl (C=O) groups is 1. The van der Waals surface area contributed by atoms with Gasteiger partial charge >= 0.3 is 0 Å². The number of benzene rings is 3. The molecule has 5 heteroatoms. The van der Waals surface area contributed by atoms with E-state index in [-0.39, 0.29) is 5.57 Å². The van der Waals surface area contributed by atoms with Crippen LogP contribution in [-0.4, -0.2) is 5.91 Å². The van der Waals surface area contributed by atoms with Gasteiger partial charge in [-0.25, -0.2) is 0 Å². The third-order valence-electron chi connectivity index (χ3n) is 3.92. The fraction of sp³-hybridized carbons (Fsp3) is 0.0476. The summed E-state index contributed by atoms with van der Waals surface area (Å²) in [6, 6.07) is 21.4. The molecular weight excluding hydrogens is 392 g/mol. The number of fused-ring (bicyclic) bond motifs is 1. The van der Waals surface area contributed by atoms with Crippen LogP contribution < -0.4 is 10.5 Å². The monoisotopic (exact) mass is 406 g/mol. The van der Waals surface area contributed by atoms with Crippen molar-refractivity contribution in [3.63, 3.8) is 0 Å². The van der Waals surface area contributed by atoms with Crippen LogP contribution in [0.2, 0.25) is 0 Å². The highest BCUT2D eigenvalue weighted by Crippen LogP contribution is 2.27. The zero-order chi connectivity index (χ0) is 18.5. The van der Waals surface area contributed by atoms with Gasteiger partial charge in [-0.1, -0.05) is 58.4 Å². The van der Waals surface area contributed by atoms with Crippen molar-refractivity contribution in [2.24, 2.45) is 5.73 Å². The molecule has 0 fully saturated rings. The van der Waals surface area contributed by atoms with Gasteiger partial charge in [-0.2, -0.15) is 5.26 Å². The van der Waals surface area contributed by atoms with Crippen molar-refractivity contribution in [2.45, 2.75) is 6.61 Å². The van der Waals surface area contributed by atoms with Gasteiger partial charge in [0.1, 0.15) is 24.0 Å². The van der Waals surface area contributed by atoms with Gasteiger partial charge in [0, 0.05) is 10.0 Å². The molecule has 3 rings (SSSR count). The van der Waals surface area contributed by atoms with Crippen LogP contribution >= 0.6 is 15.9 Å². The number of nitrogens with zero attached hydrogens (tertiary/aromatic N) is 1. The summed E-state index contributed by atoms with van der Waals surface area (Å²) in [5.41, 5.74) is 6.76. The van der Waals surface area contributed by atoms with Crippen molar-refractivity contribution in [1.29, 1.82) is 5.26 Å². The first-order valence-electron chi connectivity index (χ1n) is 7.89. The van der Waals surface area contributed by atoms with E-state index in [1.807, 2.05) is 36.4 Å². The maximum Gasteiger partial charge on any atom is 0.259 e. The van der Waals surface area contributed by atoms with Gasteiger partial charge in [0.15, 0.2) is 0 Å². The lowest BCUT2D eigenvalue weighted by Crippen LogP contribution is -2.12. The van der Waals surface area contributed by atoms with Gasteiger partial charge in [-0.15, -0.1) is 0 Å². The molecule has 0 atom stereocenters. The van der Waals surface area contributed by atoms with Gasteiger partial charge in [0.05, 0.1) is 0 Å². The first-order chi connectivity index (χ1) is 12.6. The standard InChI is InChI=1S/C21H15BrN2O2/c22-18-8-9-20(16(11-18)10-17(12-23)21(24)25)26-13-15-6-3-5-14-4-1-2-7-19(14)15/h1-11H,13H2,(H2,24,25)/b17-10+. The summed E-state index contributed by atoms with van der Waals surface area (Å²) >= 11 is 3.39. The third kappa shape index (κ3) is 3.93. The molecule has 128 valence electrons. The van der Waals surface area contributed by atoms with Crippen LogP contribution in [0, 0.1) is 11.3 Å². The molecule has 0 radical (unpaired) electrons. The van der Waals surface area contributed by atoms with Gasteiger partial charge in [-0.05, 0) is 40.6 Å². The molecule has 3 aromatic carbocycles. The smallest absolute Gasteiger partial charge is 0.259 e. The molecule has 0 aliphatic carbocycles. The topological polar surface area (TPSA) is 76.1 Å². The Morgan fingerprint density at radius 1 is 1.15 bits per heavy atom. The fourth-order valence-corrected chi connectivity index (χ4v) is 3.03. The first kappa shape index (κ1) is 17.7. The first-order valence-corrected chi connectivity index (χ1v) is 8.68. The van der Waals surface area contributed by atoms with E-state index < -0.39 is 5.91 Å². The Bertz CT molecular complexity index is 1050. The van der Waals surface area contributed by atoms with Crippen LogP contribution in [0.1, 0.15) is 11.1 Å². The van der Waals surface area contributed by atoms with E-state index >= 15 is 0 Å². The average molecular weight is 407 g/mol. The lowest BCUT2D eigenvalue weighted by molar-refractivity contribution is -0.114. The van der Waals surface area contributed by atoms with Crippen LogP contribution in [0.25, 0.3) is 16.8 Å². The molecule has 0 saturated carbocycles.